The van der Waals surface area contributed by atoms with Crippen LogP contribution in [0.4, 0.5) is 0 Å². The van der Waals surface area contributed by atoms with Crippen molar-refractivity contribution in [2.45, 2.75) is 32.2 Å². The van der Waals surface area contributed by atoms with E-state index in [4.69, 9.17) is 0 Å². The molecule has 0 saturated heterocycles. The van der Waals surface area contributed by atoms with E-state index in [2.05, 4.69) is 57.2 Å². The summed E-state index contributed by atoms with van der Waals surface area (Å²) in [6, 6.07) is 11.1. The van der Waals surface area contributed by atoms with Gasteiger partial charge in [-0.3, -0.25) is 0 Å². The second-order valence-electron chi connectivity index (χ2n) is 5.44. The van der Waals surface area contributed by atoms with Crippen LogP contribution >= 0.6 is 11.3 Å². The first-order chi connectivity index (χ1) is 10.3. The molecule has 0 bridgehead atoms. The van der Waals surface area contributed by atoms with E-state index < -0.39 is 0 Å². The number of hydrogen-bond donors (Lipinski definition) is 1. The van der Waals surface area contributed by atoms with Gasteiger partial charge in [-0.2, -0.15) is 5.10 Å². The fourth-order valence-electron chi connectivity index (χ4n) is 2.97. The average molecular weight is 298 g/mol. The molecule has 0 fully saturated rings. The lowest BCUT2D eigenvalue weighted by atomic mass is 10.00. The minimum Gasteiger partial charge on any atom is -0.309 e. The maximum absolute atomic E-state index is 4.63. The summed E-state index contributed by atoms with van der Waals surface area (Å²) in [6.07, 6.45) is 2.96. The lowest BCUT2D eigenvalue weighted by Crippen LogP contribution is -2.30. The van der Waals surface area contributed by atoms with E-state index in [1.54, 1.807) is 11.3 Å². The molecular weight excluding hydrogens is 280 g/mol. The molecule has 0 saturated carbocycles. The largest absolute Gasteiger partial charge is 0.309 e. The molecule has 0 radical (unpaired) electrons. The van der Waals surface area contributed by atoms with Crippen LogP contribution in [0.3, 0.4) is 0 Å². The summed E-state index contributed by atoms with van der Waals surface area (Å²) in [6.45, 7) is 3.11. The molecule has 2 aromatic heterocycles. The first-order valence-electron chi connectivity index (χ1n) is 7.49. The Morgan fingerprint density at radius 1 is 1.33 bits per heavy atom. The number of nitrogens with one attached hydrogen (secondary N) is 1. The van der Waals surface area contributed by atoms with Crippen molar-refractivity contribution in [3.05, 3.63) is 52.3 Å². The van der Waals surface area contributed by atoms with Gasteiger partial charge in [-0.25, -0.2) is 9.50 Å². The van der Waals surface area contributed by atoms with Gasteiger partial charge in [0.2, 0.25) is 4.96 Å². The van der Waals surface area contributed by atoms with Crippen LogP contribution in [0.1, 0.15) is 34.9 Å². The standard InChI is InChI=1S/C16H18N4S/c1-2-14-18-16-20(19-14)13-8-9-17-12(15(13)21-16)10-11-6-4-3-5-7-11/h3-7,12,17H,2,8-10H2,1H3. The van der Waals surface area contributed by atoms with Crippen molar-refractivity contribution in [1.82, 2.24) is 19.9 Å². The number of aromatic nitrogens is 3. The Kier molecular flexibility index (Phi) is 3.24. The predicted molar refractivity (Wildman–Crippen MR) is 84.8 cm³/mol. The lowest BCUT2D eigenvalue weighted by molar-refractivity contribution is 0.501. The van der Waals surface area contributed by atoms with Gasteiger partial charge in [0.1, 0.15) is 0 Å². The molecule has 5 heteroatoms. The third kappa shape index (κ3) is 2.26. The smallest absolute Gasteiger partial charge is 0.212 e. The van der Waals surface area contributed by atoms with E-state index in [9.17, 15) is 0 Å². The summed E-state index contributed by atoms with van der Waals surface area (Å²) in [7, 11) is 0. The molecule has 1 atom stereocenters. The Balaban J connectivity index is 1.71. The highest BCUT2D eigenvalue weighted by Crippen LogP contribution is 2.33. The van der Waals surface area contributed by atoms with E-state index in [-0.39, 0.29) is 0 Å². The van der Waals surface area contributed by atoms with E-state index in [1.807, 2.05) is 0 Å². The van der Waals surface area contributed by atoms with Crippen molar-refractivity contribution < 1.29 is 0 Å². The number of aryl methyl sites for hydroxylation is 1. The fourth-order valence-corrected chi connectivity index (χ4v) is 4.17. The molecule has 0 aliphatic carbocycles. The number of rotatable bonds is 3. The first-order valence-corrected chi connectivity index (χ1v) is 8.31. The molecule has 4 nitrogen and oxygen atoms in total. The summed E-state index contributed by atoms with van der Waals surface area (Å²) >= 11 is 1.79. The van der Waals surface area contributed by atoms with Crippen LogP contribution in [-0.2, 0) is 19.3 Å². The molecule has 108 valence electrons. The monoisotopic (exact) mass is 298 g/mol. The predicted octanol–water partition coefficient (Wildman–Crippen LogP) is 2.78. The van der Waals surface area contributed by atoms with Crippen LogP contribution in [0, 0.1) is 0 Å². The molecule has 3 aromatic rings. The van der Waals surface area contributed by atoms with Crippen LogP contribution in [-0.4, -0.2) is 21.1 Å². The Morgan fingerprint density at radius 3 is 3.00 bits per heavy atom. The van der Waals surface area contributed by atoms with Gasteiger partial charge in [-0.15, -0.1) is 0 Å². The summed E-state index contributed by atoms with van der Waals surface area (Å²) < 4.78 is 2.07. The van der Waals surface area contributed by atoms with E-state index in [0.29, 0.717) is 6.04 Å². The molecule has 1 N–H and O–H groups in total. The Bertz CT molecular complexity index is 759. The van der Waals surface area contributed by atoms with Crippen LogP contribution < -0.4 is 5.32 Å². The van der Waals surface area contributed by atoms with Crippen molar-refractivity contribution in [1.29, 1.82) is 0 Å². The van der Waals surface area contributed by atoms with Crippen LogP contribution in [0.25, 0.3) is 4.96 Å². The summed E-state index contributed by atoms with van der Waals surface area (Å²) in [5.41, 5.74) is 2.72. The maximum Gasteiger partial charge on any atom is 0.212 e. The van der Waals surface area contributed by atoms with Gasteiger partial charge >= 0.3 is 0 Å². The van der Waals surface area contributed by atoms with Crippen molar-refractivity contribution in [2.24, 2.45) is 0 Å². The number of benzene rings is 1. The van der Waals surface area contributed by atoms with Crippen molar-refractivity contribution in [3.63, 3.8) is 0 Å². The van der Waals surface area contributed by atoms with Crippen molar-refractivity contribution >= 4 is 16.3 Å². The number of hydrogen-bond acceptors (Lipinski definition) is 4. The topological polar surface area (TPSA) is 42.2 Å². The van der Waals surface area contributed by atoms with Gasteiger partial charge in [0.25, 0.3) is 0 Å². The van der Waals surface area contributed by atoms with Crippen molar-refractivity contribution in [2.75, 3.05) is 6.54 Å². The highest BCUT2D eigenvalue weighted by atomic mass is 32.1. The van der Waals surface area contributed by atoms with Gasteiger partial charge in [0.15, 0.2) is 5.82 Å². The molecule has 1 aliphatic rings. The highest BCUT2D eigenvalue weighted by Gasteiger charge is 2.26. The summed E-state index contributed by atoms with van der Waals surface area (Å²) in [5.74, 6) is 0.946. The van der Waals surface area contributed by atoms with Crippen molar-refractivity contribution in [3.8, 4) is 0 Å². The zero-order valence-corrected chi connectivity index (χ0v) is 12.9. The van der Waals surface area contributed by atoms with E-state index in [1.165, 1.54) is 16.1 Å². The highest BCUT2D eigenvalue weighted by molar-refractivity contribution is 7.17. The number of thiazole rings is 1. The van der Waals surface area contributed by atoms with Crippen LogP contribution in [0.2, 0.25) is 0 Å². The number of nitrogens with zero attached hydrogens (tertiary/aromatic N) is 3. The van der Waals surface area contributed by atoms with E-state index >= 15 is 0 Å². The fraction of sp³-hybridized carbons (Fsp3) is 0.375. The summed E-state index contributed by atoms with van der Waals surface area (Å²) in [4.78, 5) is 7.07. The second-order valence-corrected chi connectivity index (χ2v) is 6.44. The normalized spacial score (nSPS) is 18.0. The Hall–Kier alpha value is -1.72. The third-order valence-corrected chi connectivity index (χ3v) is 5.22. The first kappa shape index (κ1) is 13.0. The average Bonchev–Trinajstić information content (AvgIpc) is 3.06. The third-order valence-electron chi connectivity index (χ3n) is 4.03. The van der Waals surface area contributed by atoms with Gasteiger partial charge in [0, 0.05) is 30.3 Å². The summed E-state index contributed by atoms with van der Waals surface area (Å²) in [5, 5.41) is 8.28. The SMILES string of the molecule is CCc1nc2sc3c(n2n1)CCNC3Cc1ccccc1. The lowest BCUT2D eigenvalue weighted by Gasteiger charge is -2.23. The molecule has 21 heavy (non-hydrogen) atoms. The molecule has 1 aromatic carbocycles. The molecule has 3 heterocycles. The molecule has 1 aliphatic heterocycles. The zero-order valence-electron chi connectivity index (χ0n) is 12.0. The van der Waals surface area contributed by atoms with Crippen LogP contribution in [0.15, 0.2) is 30.3 Å². The molecule has 1 unspecified atom stereocenters. The van der Waals surface area contributed by atoms with E-state index in [0.717, 1.165) is 36.6 Å². The van der Waals surface area contributed by atoms with Gasteiger partial charge in [-0.1, -0.05) is 48.6 Å². The minimum atomic E-state index is 0.384. The molecule has 0 amide bonds. The van der Waals surface area contributed by atoms with Gasteiger partial charge < -0.3 is 5.32 Å². The minimum absolute atomic E-state index is 0.384. The zero-order chi connectivity index (χ0) is 14.2. The maximum atomic E-state index is 4.63. The Labute approximate surface area is 127 Å². The van der Waals surface area contributed by atoms with Gasteiger partial charge in [-0.05, 0) is 12.0 Å². The molecule has 0 spiro atoms. The molecular formula is C16H18N4S. The second kappa shape index (κ2) is 5.24. The quantitative estimate of drug-likeness (QED) is 0.808. The van der Waals surface area contributed by atoms with Gasteiger partial charge in [0.05, 0.1) is 5.69 Å². The molecule has 4 rings (SSSR count). The number of fused-ring (bicyclic) bond motifs is 3. The Morgan fingerprint density at radius 2 is 2.19 bits per heavy atom. The van der Waals surface area contributed by atoms with Crippen LogP contribution in [0.5, 0.6) is 0 Å².